The van der Waals surface area contributed by atoms with E-state index in [1.165, 1.54) is 90.4 Å². The van der Waals surface area contributed by atoms with Crippen LogP contribution in [0.1, 0.15) is 78.1 Å². The maximum absolute atomic E-state index is 3.77. The van der Waals surface area contributed by atoms with Crippen molar-refractivity contribution in [2.45, 2.75) is 84.1 Å². The van der Waals surface area contributed by atoms with E-state index in [0.29, 0.717) is 5.41 Å². The van der Waals surface area contributed by atoms with Crippen LogP contribution in [0.2, 0.25) is 0 Å². The Labute approximate surface area is 126 Å². The highest BCUT2D eigenvalue weighted by molar-refractivity contribution is 4.84. The van der Waals surface area contributed by atoms with Crippen molar-refractivity contribution in [1.82, 2.24) is 10.2 Å². The Morgan fingerprint density at radius 1 is 1.00 bits per heavy atom. The molecule has 118 valence electrons. The molecule has 0 radical (unpaired) electrons. The zero-order valence-corrected chi connectivity index (χ0v) is 13.9. The third kappa shape index (κ3) is 4.73. The van der Waals surface area contributed by atoms with E-state index in [9.17, 15) is 0 Å². The van der Waals surface area contributed by atoms with Gasteiger partial charge in [0, 0.05) is 6.04 Å². The minimum absolute atomic E-state index is 0.677. The van der Waals surface area contributed by atoms with Crippen molar-refractivity contribution in [3.05, 3.63) is 0 Å². The third-order valence-electron chi connectivity index (χ3n) is 6.11. The number of hydrogen-bond donors (Lipinski definition) is 1. The summed E-state index contributed by atoms with van der Waals surface area (Å²) in [5.74, 6) is 0. The van der Waals surface area contributed by atoms with Crippen LogP contribution in [0.25, 0.3) is 0 Å². The van der Waals surface area contributed by atoms with Crippen molar-refractivity contribution in [3.8, 4) is 0 Å². The molecule has 2 rings (SSSR count). The van der Waals surface area contributed by atoms with Gasteiger partial charge in [-0.2, -0.15) is 0 Å². The number of likely N-dealkylation sites (tertiary alicyclic amines) is 1. The van der Waals surface area contributed by atoms with Crippen molar-refractivity contribution in [2.75, 3.05) is 26.2 Å². The molecule has 1 aliphatic carbocycles. The number of rotatable bonds is 7. The predicted octanol–water partition coefficient (Wildman–Crippen LogP) is 4.20. The first-order valence-electron chi connectivity index (χ1n) is 9.24. The first kappa shape index (κ1) is 16.3. The zero-order valence-electron chi connectivity index (χ0n) is 13.9. The van der Waals surface area contributed by atoms with Crippen LogP contribution in [-0.2, 0) is 0 Å². The number of nitrogens with zero attached hydrogens (tertiary/aromatic N) is 1. The standard InChI is InChI=1S/C18H36N2/c1-3-18(4-2)11-15-20(16-12-18)14-8-13-19-17-9-6-5-7-10-17/h17,19H,3-16H2,1-2H3. The quantitative estimate of drug-likeness (QED) is 0.703. The SMILES string of the molecule is CCC1(CC)CCN(CCCNC2CCCCC2)CC1. The fourth-order valence-corrected chi connectivity index (χ4v) is 4.12. The maximum atomic E-state index is 3.77. The Kier molecular flexibility index (Phi) is 6.83. The topological polar surface area (TPSA) is 15.3 Å². The van der Waals surface area contributed by atoms with Crippen molar-refractivity contribution < 1.29 is 0 Å². The number of hydrogen-bond acceptors (Lipinski definition) is 2. The molecule has 0 amide bonds. The van der Waals surface area contributed by atoms with Crippen LogP contribution in [0.5, 0.6) is 0 Å². The molecular formula is C18H36N2. The maximum Gasteiger partial charge on any atom is 0.00670 e. The van der Waals surface area contributed by atoms with Gasteiger partial charge in [0.25, 0.3) is 0 Å². The smallest absolute Gasteiger partial charge is 0.00670 e. The molecular weight excluding hydrogens is 244 g/mol. The van der Waals surface area contributed by atoms with Gasteiger partial charge in [0.2, 0.25) is 0 Å². The van der Waals surface area contributed by atoms with Crippen LogP contribution >= 0.6 is 0 Å². The van der Waals surface area contributed by atoms with Gasteiger partial charge in [-0.1, -0.05) is 46.0 Å². The van der Waals surface area contributed by atoms with Crippen molar-refractivity contribution >= 4 is 0 Å². The van der Waals surface area contributed by atoms with Crippen molar-refractivity contribution in [2.24, 2.45) is 5.41 Å². The highest BCUT2D eigenvalue weighted by atomic mass is 15.1. The summed E-state index contributed by atoms with van der Waals surface area (Å²) in [6.07, 6.45) is 14.1. The van der Waals surface area contributed by atoms with E-state index in [1.807, 2.05) is 0 Å². The van der Waals surface area contributed by atoms with Crippen LogP contribution in [0.4, 0.5) is 0 Å². The molecule has 0 bridgehead atoms. The Bertz CT molecular complexity index is 244. The van der Waals surface area contributed by atoms with E-state index in [0.717, 1.165) is 6.04 Å². The first-order valence-corrected chi connectivity index (χ1v) is 9.24. The van der Waals surface area contributed by atoms with E-state index < -0.39 is 0 Å². The lowest BCUT2D eigenvalue weighted by atomic mass is 9.74. The van der Waals surface area contributed by atoms with E-state index in [2.05, 4.69) is 24.1 Å². The van der Waals surface area contributed by atoms with Crippen LogP contribution in [0, 0.1) is 5.41 Å². The van der Waals surface area contributed by atoms with Crippen molar-refractivity contribution in [1.29, 1.82) is 0 Å². The van der Waals surface area contributed by atoms with Gasteiger partial charge < -0.3 is 10.2 Å². The molecule has 2 nitrogen and oxygen atoms in total. The van der Waals surface area contributed by atoms with Gasteiger partial charge in [0.1, 0.15) is 0 Å². The number of piperidine rings is 1. The van der Waals surface area contributed by atoms with Crippen LogP contribution in [0.15, 0.2) is 0 Å². The summed E-state index contributed by atoms with van der Waals surface area (Å²) in [4.78, 5) is 2.70. The molecule has 1 N–H and O–H groups in total. The van der Waals surface area contributed by atoms with E-state index in [4.69, 9.17) is 0 Å². The van der Waals surface area contributed by atoms with Gasteiger partial charge in [-0.05, 0) is 63.7 Å². The summed E-state index contributed by atoms with van der Waals surface area (Å²) in [7, 11) is 0. The highest BCUT2D eigenvalue weighted by Gasteiger charge is 2.30. The van der Waals surface area contributed by atoms with Gasteiger partial charge in [0.15, 0.2) is 0 Å². The van der Waals surface area contributed by atoms with Gasteiger partial charge in [-0.15, -0.1) is 0 Å². The van der Waals surface area contributed by atoms with Crippen LogP contribution < -0.4 is 5.32 Å². The molecule has 2 fully saturated rings. The summed E-state index contributed by atoms with van der Waals surface area (Å²) in [5.41, 5.74) is 0.677. The lowest BCUT2D eigenvalue weighted by Gasteiger charge is -2.41. The lowest BCUT2D eigenvalue weighted by Crippen LogP contribution is -2.41. The van der Waals surface area contributed by atoms with Gasteiger partial charge >= 0.3 is 0 Å². The van der Waals surface area contributed by atoms with Crippen LogP contribution in [0.3, 0.4) is 0 Å². The molecule has 0 aromatic carbocycles. The van der Waals surface area contributed by atoms with Gasteiger partial charge in [-0.3, -0.25) is 0 Å². The fourth-order valence-electron chi connectivity index (χ4n) is 4.12. The Hall–Kier alpha value is -0.0800. The molecule has 1 aliphatic heterocycles. The summed E-state index contributed by atoms with van der Waals surface area (Å²) >= 11 is 0. The molecule has 2 aliphatic rings. The monoisotopic (exact) mass is 280 g/mol. The summed E-state index contributed by atoms with van der Waals surface area (Å²) in [6, 6.07) is 0.831. The van der Waals surface area contributed by atoms with Crippen molar-refractivity contribution in [3.63, 3.8) is 0 Å². The Morgan fingerprint density at radius 2 is 1.65 bits per heavy atom. The molecule has 1 saturated carbocycles. The third-order valence-corrected chi connectivity index (χ3v) is 6.11. The molecule has 0 unspecified atom stereocenters. The second kappa shape index (κ2) is 8.38. The number of nitrogens with one attached hydrogen (secondary N) is 1. The van der Waals surface area contributed by atoms with Gasteiger partial charge in [0.05, 0.1) is 0 Å². The Morgan fingerprint density at radius 3 is 2.25 bits per heavy atom. The lowest BCUT2D eigenvalue weighted by molar-refractivity contribution is 0.0945. The molecule has 1 heterocycles. The highest BCUT2D eigenvalue weighted by Crippen LogP contribution is 2.37. The second-order valence-electron chi connectivity index (χ2n) is 7.19. The molecule has 0 atom stereocenters. The first-order chi connectivity index (χ1) is 9.78. The summed E-state index contributed by atoms with van der Waals surface area (Å²) in [5, 5.41) is 3.77. The largest absolute Gasteiger partial charge is 0.314 e. The van der Waals surface area contributed by atoms with E-state index in [-0.39, 0.29) is 0 Å². The van der Waals surface area contributed by atoms with Gasteiger partial charge in [-0.25, -0.2) is 0 Å². The molecule has 0 spiro atoms. The molecule has 20 heavy (non-hydrogen) atoms. The van der Waals surface area contributed by atoms with Crippen LogP contribution in [-0.4, -0.2) is 37.1 Å². The normalized spacial score (nSPS) is 24.9. The summed E-state index contributed by atoms with van der Waals surface area (Å²) in [6.45, 7) is 9.98. The Balaban J connectivity index is 1.54. The molecule has 0 aromatic heterocycles. The zero-order chi connectivity index (χ0) is 14.3. The average Bonchev–Trinajstić information content (AvgIpc) is 2.53. The average molecular weight is 280 g/mol. The molecule has 2 heteroatoms. The molecule has 1 saturated heterocycles. The minimum atomic E-state index is 0.677. The van der Waals surface area contributed by atoms with E-state index in [1.54, 1.807) is 0 Å². The van der Waals surface area contributed by atoms with E-state index >= 15 is 0 Å². The minimum Gasteiger partial charge on any atom is -0.314 e. The molecule has 0 aromatic rings. The predicted molar refractivity (Wildman–Crippen MR) is 88.2 cm³/mol. The fraction of sp³-hybridized carbons (Fsp3) is 1.00. The summed E-state index contributed by atoms with van der Waals surface area (Å²) < 4.78 is 0. The second-order valence-corrected chi connectivity index (χ2v) is 7.19.